The van der Waals surface area contributed by atoms with Crippen LogP contribution in [-0.2, 0) is 0 Å². The zero-order chi connectivity index (χ0) is 19.9. The summed E-state index contributed by atoms with van der Waals surface area (Å²) in [6.45, 7) is 2.67. The van der Waals surface area contributed by atoms with Crippen molar-refractivity contribution in [2.45, 2.75) is 19.1 Å². The van der Waals surface area contributed by atoms with E-state index in [4.69, 9.17) is 9.47 Å². The molecule has 2 aromatic rings. The van der Waals surface area contributed by atoms with Crippen molar-refractivity contribution in [2.75, 3.05) is 31.4 Å². The quantitative estimate of drug-likeness (QED) is 0.589. The molecule has 2 amide bonds. The topological polar surface area (TPSA) is 84.0 Å². The van der Waals surface area contributed by atoms with Crippen molar-refractivity contribution < 1.29 is 14.3 Å². The number of carbonyl (C=O) groups excluding carboxylic acids is 1. The van der Waals surface area contributed by atoms with Crippen LogP contribution in [0.25, 0.3) is 0 Å². The Morgan fingerprint density at radius 1 is 1.11 bits per heavy atom. The number of amides is 2. The summed E-state index contributed by atoms with van der Waals surface area (Å²) in [5.74, 6) is 3.38. The van der Waals surface area contributed by atoms with E-state index in [9.17, 15) is 4.79 Å². The van der Waals surface area contributed by atoms with Gasteiger partial charge in [-0.15, -0.1) is 0 Å². The molecule has 0 aliphatic carbocycles. The third-order valence-corrected chi connectivity index (χ3v) is 5.34. The van der Waals surface area contributed by atoms with Crippen LogP contribution in [0, 0.1) is 0 Å². The van der Waals surface area contributed by atoms with E-state index < -0.39 is 0 Å². The second kappa shape index (κ2) is 9.42. The van der Waals surface area contributed by atoms with Gasteiger partial charge in [-0.2, -0.15) is 0 Å². The molecule has 1 heterocycles. The Labute approximate surface area is 166 Å². The number of rotatable bonds is 7. The van der Waals surface area contributed by atoms with Gasteiger partial charge in [-0.1, -0.05) is 6.92 Å². The predicted molar refractivity (Wildman–Crippen MR) is 116 cm³/mol. The fraction of sp³-hybridized carbons (Fsp3) is 0.300. The summed E-state index contributed by atoms with van der Waals surface area (Å²) < 4.78 is 10.8. The normalized spacial score (nSPS) is 15.6. The van der Waals surface area contributed by atoms with Gasteiger partial charge in [0.2, 0.25) is 0 Å². The molecule has 0 fully saturated rings. The van der Waals surface area contributed by atoms with Gasteiger partial charge in [0, 0.05) is 35.5 Å². The molecule has 0 bridgehead atoms. The van der Waals surface area contributed by atoms with Crippen LogP contribution in [0.5, 0.6) is 11.5 Å². The number of nitrogens with one attached hydrogen (secondary N) is 3. The van der Waals surface area contributed by atoms with Crippen LogP contribution in [0.2, 0.25) is 0 Å². The Balaban J connectivity index is 1.71. The smallest absolute Gasteiger partial charge is 0.319 e. The van der Waals surface area contributed by atoms with Crippen molar-refractivity contribution in [3.05, 3.63) is 42.0 Å². The van der Waals surface area contributed by atoms with E-state index in [1.54, 1.807) is 14.2 Å². The summed E-state index contributed by atoms with van der Waals surface area (Å²) >= 11 is 0. The molecule has 0 radical (unpaired) electrons. The Morgan fingerprint density at radius 2 is 1.79 bits per heavy atom. The second-order valence-electron chi connectivity index (χ2n) is 6.23. The van der Waals surface area contributed by atoms with E-state index in [2.05, 4.69) is 20.9 Å². The van der Waals surface area contributed by atoms with Gasteiger partial charge in [0.25, 0.3) is 0 Å². The minimum absolute atomic E-state index is 0.0963. The molecular formula is C20H25N4O3P. The van der Waals surface area contributed by atoms with E-state index >= 15 is 0 Å². The first-order valence-corrected chi connectivity index (χ1v) is 10.3. The number of benzene rings is 2. The van der Waals surface area contributed by atoms with Gasteiger partial charge in [-0.05, 0) is 45.3 Å². The molecule has 2 aromatic carbocycles. The van der Waals surface area contributed by atoms with Crippen molar-refractivity contribution in [2.24, 2.45) is 4.99 Å². The number of hydrogen-bond donors (Lipinski definition) is 3. The maximum absolute atomic E-state index is 11.7. The summed E-state index contributed by atoms with van der Waals surface area (Å²) in [6.07, 6.45) is 0.903. The van der Waals surface area contributed by atoms with Crippen molar-refractivity contribution in [3.63, 3.8) is 0 Å². The lowest BCUT2D eigenvalue weighted by Crippen LogP contribution is -2.29. The van der Waals surface area contributed by atoms with E-state index in [-0.39, 0.29) is 11.8 Å². The molecule has 28 heavy (non-hydrogen) atoms. The van der Waals surface area contributed by atoms with Gasteiger partial charge >= 0.3 is 6.03 Å². The van der Waals surface area contributed by atoms with Crippen LogP contribution in [0.4, 0.5) is 21.9 Å². The lowest BCUT2D eigenvalue weighted by molar-refractivity contribution is 0.252. The number of urea groups is 1. The van der Waals surface area contributed by atoms with E-state index in [1.165, 1.54) is 0 Å². The number of methoxy groups -OCH3 is 2. The van der Waals surface area contributed by atoms with E-state index in [0.29, 0.717) is 26.6 Å². The lowest BCUT2D eigenvalue weighted by atomic mass is 10.1. The van der Waals surface area contributed by atoms with Crippen molar-refractivity contribution >= 4 is 37.6 Å². The molecule has 3 N–H and O–H groups in total. The van der Waals surface area contributed by atoms with Gasteiger partial charge in [0.15, 0.2) is 11.5 Å². The Morgan fingerprint density at radius 3 is 2.46 bits per heavy atom. The maximum Gasteiger partial charge on any atom is 0.319 e. The zero-order valence-electron chi connectivity index (χ0n) is 16.2. The van der Waals surface area contributed by atoms with Crippen molar-refractivity contribution in [3.8, 4) is 11.5 Å². The highest BCUT2D eigenvalue weighted by Crippen LogP contribution is 2.46. The second-order valence-corrected chi connectivity index (χ2v) is 7.40. The first-order valence-electron chi connectivity index (χ1n) is 9.10. The first kappa shape index (κ1) is 20.0. The summed E-state index contributed by atoms with van der Waals surface area (Å²) in [5.41, 5.74) is 3.66. The molecule has 0 saturated heterocycles. The van der Waals surface area contributed by atoms with Gasteiger partial charge in [-0.25, -0.2) is 4.79 Å². The number of anilines is 2. The van der Waals surface area contributed by atoms with Crippen LogP contribution >= 0.6 is 8.58 Å². The molecule has 0 saturated carbocycles. The van der Waals surface area contributed by atoms with Crippen molar-refractivity contribution in [1.29, 1.82) is 0 Å². The molecule has 1 aliphatic heterocycles. The Kier molecular flexibility index (Phi) is 6.71. The zero-order valence-corrected chi connectivity index (χ0v) is 17.2. The van der Waals surface area contributed by atoms with Gasteiger partial charge < -0.3 is 25.4 Å². The lowest BCUT2D eigenvalue weighted by Gasteiger charge is -2.24. The number of nitrogens with zero attached hydrogens (tertiary/aromatic N) is 1. The molecule has 0 aromatic heterocycles. The van der Waals surface area contributed by atoms with Gasteiger partial charge in [0.1, 0.15) is 0 Å². The van der Waals surface area contributed by atoms with E-state index in [1.807, 2.05) is 49.3 Å². The predicted octanol–water partition coefficient (Wildman–Crippen LogP) is 4.70. The van der Waals surface area contributed by atoms with Crippen LogP contribution in [0.15, 0.2) is 41.4 Å². The molecule has 8 heteroatoms. The summed E-state index contributed by atoms with van der Waals surface area (Å²) in [5, 5.41) is 9.15. The van der Waals surface area contributed by atoms with Gasteiger partial charge in [-0.3, -0.25) is 4.99 Å². The summed E-state index contributed by atoms with van der Waals surface area (Å²) in [7, 11) is 3.74. The molecular weight excluding hydrogens is 375 g/mol. The van der Waals surface area contributed by atoms with Crippen LogP contribution in [0.3, 0.4) is 0 Å². The first-order chi connectivity index (χ1) is 13.6. The number of hydrogen-bond acceptors (Lipinski definition) is 5. The van der Waals surface area contributed by atoms with Crippen LogP contribution < -0.4 is 25.4 Å². The molecule has 2 atom stereocenters. The highest BCUT2D eigenvalue weighted by molar-refractivity contribution is 7.56. The Hall–Kier alpha value is -2.79. The highest BCUT2D eigenvalue weighted by atomic mass is 31.1. The fourth-order valence-corrected chi connectivity index (χ4v) is 3.87. The van der Waals surface area contributed by atoms with Gasteiger partial charge in [0.05, 0.1) is 25.7 Å². The molecule has 1 aliphatic rings. The average molecular weight is 400 g/mol. The van der Waals surface area contributed by atoms with Crippen LogP contribution in [0.1, 0.15) is 24.7 Å². The fourth-order valence-electron chi connectivity index (χ4n) is 2.85. The molecule has 2 unspecified atom stereocenters. The molecule has 7 nitrogen and oxygen atoms in total. The molecule has 0 spiro atoms. The molecule has 3 rings (SSSR count). The minimum atomic E-state index is -0.192. The SMILES string of the molecule is CCCNC(=O)Nc1ccc(NC2PC=Nc3cc(OC)c(OC)cc32)cc1. The summed E-state index contributed by atoms with van der Waals surface area (Å²) in [6, 6.07) is 11.3. The Bertz CT molecular complexity index is 855. The summed E-state index contributed by atoms with van der Waals surface area (Å²) in [4.78, 5) is 16.2. The number of carbonyl (C=O) groups is 1. The van der Waals surface area contributed by atoms with Crippen LogP contribution in [-0.4, -0.2) is 32.8 Å². The number of ether oxygens (including phenoxy) is 2. The number of aliphatic imine (C=N–C) groups is 1. The monoisotopic (exact) mass is 400 g/mol. The maximum atomic E-state index is 11.7. The average Bonchev–Trinajstić information content (AvgIpc) is 2.72. The largest absolute Gasteiger partial charge is 0.493 e. The van der Waals surface area contributed by atoms with Crippen molar-refractivity contribution in [1.82, 2.24) is 5.32 Å². The third kappa shape index (κ3) is 4.73. The molecule has 148 valence electrons. The third-order valence-electron chi connectivity index (χ3n) is 4.28. The number of fused-ring (bicyclic) bond motifs is 1. The standard InChI is InChI=1S/C20H25N4O3P/c1-4-9-21-20(25)24-14-7-5-13(6-8-14)23-19-15-10-17(26-2)18(27-3)11-16(15)22-12-28-19/h5-8,10-12,19,23,28H,4,9H2,1-3H3,(H2,21,24,25). The minimum Gasteiger partial charge on any atom is -0.493 e. The highest BCUT2D eigenvalue weighted by Gasteiger charge is 2.21. The van der Waals surface area contributed by atoms with E-state index in [0.717, 1.165) is 29.0 Å².